The molecule has 0 aromatic rings. The number of carbonyl (C=O) groups excluding carboxylic acids is 2. The van der Waals surface area contributed by atoms with Crippen LogP contribution in [0, 0.1) is 0 Å². The van der Waals surface area contributed by atoms with E-state index in [2.05, 4.69) is 92.8 Å². The van der Waals surface area contributed by atoms with Crippen LogP contribution in [0.4, 0.5) is 0 Å². The second kappa shape index (κ2) is 41.3. The first kappa shape index (κ1) is 56.9. The topological polar surface area (TPSA) is 111 Å². The molecule has 0 aliphatic rings. The third-order valence-corrected chi connectivity index (χ3v) is 10.1. The minimum Gasteiger partial charge on any atom is -0.756 e. The molecule has 0 fully saturated rings. The lowest BCUT2D eigenvalue weighted by Gasteiger charge is -2.28. The van der Waals surface area contributed by atoms with Crippen molar-refractivity contribution in [2.75, 3.05) is 47.5 Å². The van der Waals surface area contributed by atoms with Gasteiger partial charge in [-0.2, -0.15) is 0 Å². The van der Waals surface area contributed by atoms with Gasteiger partial charge in [0.2, 0.25) is 0 Å². The molecule has 10 heteroatoms. The number of unbranched alkanes of at least 4 members (excludes halogenated alkanes) is 10. The van der Waals surface area contributed by atoms with Crippen LogP contribution in [-0.4, -0.2) is 70.0 Å². The second-order valence-electron chi connectivity index (χ2n) is 16.1. The molecule has 0 aliphatic carbocycles. The Hall–Kier alpha value is -3.07. The van der Waals surface area contributed by atoms with E-state index in [1.54, 1.807) is 0 Å². The van der Waals surface area contributed by atoms with Gasteiger partial charge in [-0.25, -0.2) is 0 Å². The van der Waals surface area contributed by atoms with Crippen molar-refractivity contribution in [3.8, 4) is 0 Å². The predicted molar refractivity (Wildman–Crippen MR) is 249 cm³/mol. The summed E-state index contributed by atoms with van der Waals surface area (Å²) in [6.45, 7) is 4.02. The van der Waals surface area contributed by atoms with E-state index in [9.17, 15) is 19.0 Å². The number of phosphoric ester groups is 1. The van der Waals surface area contributed by atoms with Crippen LogP contribution in [-0.2, 0) is 32.7 Å². The van der Waals surface area contributed by atoms with Gasteiger partial charge in [0, 0.05) is 12.8 Å². The normalized spacial score (nSPS) is 14.4. The van der Waals surface area contributed by atoms with Gasteiger partial charge in [0.15, 0.2) is 6.10 Å². The lowest BCUT2D eigenvalue weighted by Crippen LogP contribution is -2.37. The summed E-state index contributed by atoms with van der Waals surface area (Å²) in [5.41, 5.74) is 0. The lowest BCUT2D eigenvalue weighted by molar-refractivity contribution is -0.870. The van der Waals surface area contributed by atoms with Crippen molar-refractivity contribution >= 4 is 19.8 Å². The summed E-state index contributed by atoms with van der Waals surface area (Å²) in [4.78, 5) is 37.5. The van der Waals surface area contributed by atoms with Crippen LogP contribution in [0.2, 0.25) is 0 Å². The Morgan fingerprint density at radius 3 is 1.43 bits per heavy atom. The molecule has 0 aromatic heterocycles. The third kappa shape index (κ3) is 44.5. The quantitative estimate of drug-likeness (QED) is 0.0197. The first-order valence-corrected chi connectivity index (χ1v) is 24.4. The van der Waals surface area contributed by atoms with E-state index in [0.717, 1.165) is 51.4 Å². The van der Waals surface area contributed by atoms with E-state index >= 15 is 0 Å². The standard InChI is InChI=1S/C50H84NO8P/c1-6-8-10-12-14-16-18-20-22-24-25-27-29-31-33-35-37-39-41-43-50(53)59-48(47-58-60(54,55)57-45-44-51(3,4)5)46-56-49(52)42-40-38-36-34-32-30-28-26-23-21-19-17-15-13-11-9-7-2/h14,16,20-23,25,27-28,30-31,33-34,36-37,39,48H,6-13,15,17-19,24,26,29,32,35,38,40-47H2,1-5H3/b16-14+,22-20+,23-21+,27-25+,30-28+,33-31+,36-34+,39-37+/t48-/m1/s1. The van der Waals surface area contributed by atoms with Gasteiger partial charge in [-0.05, 0) is 83.5 Å². The van der Waals surface area contributed by atoms with Crippen LogP contribution in [0.25, 0.3) is 0 Å². The van der Waals surface area contributed by atoms with Crippen LogP contribution in [0.5, 0.6) is 0 Å². The molecule has 0 aromatic carbocycles. The number of ether oxygens (including phenoxy) is 2. The van der Waals surface area contributed by atoms with Crippen LogP contribution < -0.4 is 4.89 Å². The summed E-state index contributed by atoms with van der Waals surface area (Å²) in [6, 6.07) is 0. The first-order valence-electron chi connectivity index (χ1n) is 22.9. The highest BCUT2D eigenvalue weighted by Gasteiger charge is 2.21. The number of esters is 2. The smallest absolute Gasteiger partial charge is 0.306 e. The minimum absolute atomic E-state index is 0.0570. The summed E-state index contributed by atoms with van der Waals surface area (Å²) in [5.74, 6) is -1.00. The highest BCUT2D eigenvalue weighted by molar-refractivity contribution is 7.45. The molecule has 0 radical (unpaired) electrons. The molecule has 0 heterocycles. The van der Waals surface area contributed by atoms with E-state index in [4.69, 9.17) is 18.5 Å². The number of hydrogen-bond acceptors (Lipinski definition) is 8. The molecule has 0 saturated carbocycles. The van der Waals surface area contributed by atoms with Gasteiger partial charge in [-0.3, -0.25) is 14.2 Å². The number of phosphoric acid groups is 1. The van der Waals surface area contributed by atoms with Gasteiger partial charge in [0.25, 0.3) is 7.82 Å². The molecule has 0 aliphatic heterocycles. The summed E-state index contributed by atoms with van der Waals surface area (Å²) in [5, 5.41) is 0. The number of carbonyl (C=O) groups is 2. The molecule has 2 atom stereocenters. The molecular weight excluding hydrogens is 774 g/mol. The van der Waals surface area contributed by atoms with Crippen molar-refractivity contribution in [1.82, 2.24) is 0 Å². The lowest BCUT2D eigenvalue weighted by atomic mass is 10.1. The summed E-state index contributed by atoms with van der Waals surface area (Å²) in [7, 11) is 1.08. The molecule has 0 spiro atoms. The number of rotatable bonds is 40. The maximum Gasteiger partial charge on any atom is 0.306 e. The average Bonchev–Trinajstić information content (AvgIpc) is 3.20. The first-order chi connectivity index (χ1) is 29.0. The number of nitrogens with zero attached hydrogens (tertiary/aromatic N) is 1. The Morgan fingerprint density at radius 1 is 0.517 bits per heavy atom. The zero-order chi connectivity index (χ0) is 44.3. The van der Waals surface area contributed by atoms with Crippen molar-refractivity contribution in [3.05, 3.63) is 97.2 Å². The third-order valence-electron chi connectivity index (χ3n) is 9.09. The van der Waals surface area contributed by atoms with E-state index < -0.39 is 32.5 Å². The molecule has 0 amide bonds. The molecule has 0 bridgehead atoms. The highest BCUT2D eigenvalue weighted by atomic mass is 31.2. The number of likely N-dealkylation sites (N-methyl/N-ethyl adjacent to an activating group) is 1. The van der Waals surface area contributed by atoms with Crippen molar-refractivity contribution in [2.45, 2.75) is 161 Å². The maximum atomic E-state index is 12.7. The fourth-order valence-electron chi connectivity index (χ4n) is 5.47. The monoisotopic (exact) mass is 858 g/mol. The molecular formula is C50H84NO8P. The van der Waals surface area contributed by atoms with E-state index in [1.165, 1.54) is 64.2 Å². The van der Waals surface area contributed by atoms with Crippen molar-refractivity contribution in [1.29, 1.82) is 0 Å². The predicted octanol–water partition coefficient (Wildman–Crippen LogP) is 12.7. The SMILES string of the molecule is CCCCC/C=C/C/C=C/C/C=C/C/C=C/C/C=C/CCC(=O)O[C@H](COC(=O)CCC/C=C/C/C=C/C/C=C/CCCCCCCC)COP(=O)([O-])OCC[N+](C)(C)C. The molecule has 1 unspecified atom stereocenters. The molecule has 342 valence electrons. The van der Waals surface area contributed by atoms with Crippen LogP contribution in [0.15, 0.2) is 97.2 Å². The minimum atomic E-state index is -4.66. The fraction of sp³-hybridized carbons (Fsp3) is 0.640. The van der Waals surface area contributed by atoms with Gasteiger partial charge in [0.1, 0.15) is 19.8 Å². The average molecular weight is 858 g/mol. The summed E-state index contributed by atoms with van der Waals surface area (Å²) < 4.78 is 33.8. The molecule has 0 N–H and O–H groups in total. The fourth-order valence-corrected chi connectivity index (χ4v) is 6.20. The summed E-state index contributed by atoms with van der Waals surface area (Å²) in [6.07, 6.45) is 54.6. The Labute approximate surface area is 366 Å². The molecule has 60 heavy (non-hydrogen) atoms. The maximum absolute atomic E-state index is 12.7. The van der Waals surface area contributed by atoms with E-state index in [-0.39, 0.29) is 26.1 Å². The number of allylic oxidation sites excluding steroid dienone is 16. The molecule has 9 nitrogen and oxygen atoms in total. The van der Waals surface area contributed by atoms with Crippen LogP contribution in [0.3, 0.4) is 0 Å². The number of quaternary nitrogens is 1. The van der Waals surface area contributed by atoms with E-state index in [1.807, 2.05) is 39.4 Å². The van der Waals surface area contributed by atoms with Crippen molar-refractivity contribution < 1.29 is 42.1 Å². The Kier molecular flexibility index (Phi) is 39.2. The Balaban J connectivity index is 4.57. The van der Waals surface area contributed by atoms with Gasteiger partial charge in [0.05, 0.1) is 27.7 Å². The van der Waals surface area contributed by atoms with Gasteiger partial charge < -0.3 is 27.9 Å². The second-order valence-corrected chi connectivity index (χ2v) is 17.5. The highest BCUT2D eigenvalue weighted by Crippen LogP contribution is 2.38. The van der Waals surface area contributed by atoms with Gasteiger partial charge >= 0.3 is 11.9 Å². The van der Waals surface area contributed by atoms with Crippen LogP contribution >= 0.6 is 7.82 Å². The van der Waals surface area contributed by atoms with Gasteiger partial charge in [-0.1, -0.05) is 156 Å². The summed E-state index contributed by atoms with van der Waals surface area (Å²) >= 11 is 0. The Morgan fingerprint density at radius 2 is 0.933 bits per heavy atom. The largest absolute Gasteiger partial charge is 0.756 e. The molecule has 0 rings (SSSR count). The zero-order valence-corrected chi connectivity index (χ0v) is 39.3. The van der Waals surface area contributed by atoms with Crippen molar-refractivity contribution in [3.63, 3.8) is 0 Å². The van der Waals surface area contributed by atoms with Gasteiger partial charge in [-0.15, -0.1) is 0 Å². The zero-order valence-electron chi connectivity index (χ0n) is 38.4. The molecule has 0 saturated heterocycles. The number of hydrogen-bond donors (Lipinski definition) is 0. The Bertz CT molecular complexity index is 1340. The van der Waals surface area contributed by atoms with Crippen molar-refractivity contribution in [2.24, 2.45) is 0 Å². The van der Waals surface area contributed by atoms with E-state index in [0.29, 0.717) is 23.9 Å². The van der Waals surface area contributed by atoms with Crippen LogP contribution in [0.1, 0.15) is 155 Å².